The molecular formula is C15H17Br2NO2. The molecule has 0 N–H and O–H groups in total. The van der Waals surface area contributed by atoms with E-state index in [0.717, 1.165) is 27.6 Å². The molecule has 1 aromatic rings. The summed E-state index contributed by atoms with van der Waals surface area (Å²) in [7, 11) is 0. The SMILES string of the molecule is Cc1c(Br)cc2c(c1Br)OCC(N1CCCCC1)C2=O. The molecule has 108 valence electrons. The van der Waals surface area contributed by atoms with E-state index in [0.29, 0.717) is 17.9 Å². The van der Waals surface area contributed by atoms with Gasteiger partial charge in [0.15, 0.2) is 5.78 Å². The number of nitrogens with zero attached hydrogens (tertiary/aromatic N) is 1. The Bertz CT molecular complexity index is 553. The molecule has 0 amide bonds. The lowest BCUT2D eigenvalue weighted by Gasteiger charge is -2.36. The molecule has 0 spiro atoms. The summed E-state index contributed by atoms with van der Waals surface area (Å²) in [5.74, 6) is 0.888. The lowest BCUT2D eigenvalue weighted by Crippen LogP contribution is -2.49. The number of hydrogen-bond donors (Lipinski definition) is 0. The normalized spacial score (nSPS) is 23.4. The zero-order valence-corrected chi connectivity index (χ0v) is 14.6. The molecule has 1 unspecified atom stereocenters. The molecule has 0 bridgehead atoms. The lowest BCUT2D eigenvalue weighted by molar-refractivity contribution is 0.0621. The number of likely N-dealkylation sites (tertiary alicyclic amines) is 1. The van der Waals surface area contributed by atoms with Gasteiger partial charge in [-0.15, -0.1) is 0 Å². The third kappa shape index (κ3) is 2.44. The van der Waals surface area contributed by atoms with Gasteiger partial charge in [-0.05, 0) is 60.4 Å². The van der Waals surface area contributed by atoms with E-state index in [-0.39, 0.29) is 11.8 Å². The van der Waals surface area contributed by atoms with Crippen molar-refractivity contribution in [1.29, 1.82) is 0 Å². The molecule has 0 aliphatic carbocycles. The number of ether oxygens (including phenoxy) is 1. The third-order valence-electron chi connectivity index (χ3n) is 4.19. The Hall–Kier alpha value is -0.390. The molecule has 0 saturated carbocycles. The topological polar surface area (TPSA) is 29.5 Å². The molecule has 0 aromatic heterocycles. The summed E-state index contributed by atoms with van der Waals surface area (Å²) in [4.78, 5) is 15.0. The van der Waals surface area contributed by atoms with Crippen LogP contribution in [-0.2, 0) is 0 Å². The van der Waals surface area contributed by atoms with Crippen LogP contribution in [0, 0.1) is 6.92 Å². The number of halogens is 2. The summed E-state index contributed by atoms with van der Waals surface area (Å²) in [5, 5.41) is 0. The number of piperidine rings is 1. The smallest absolute Gasteiger partial charge is 0.187 e. The van der Waals surface area contributed by atoms with Crippen molar-refractivity contribution in [3.63, 3.8) is 0 Å². The van der Waals surface area contributed by atoms with E-state index in [1.807, 2.05) is 13.0 Å². The highest BCUT2D eigenvalue weighted by molar-refractivity contribution is 9.11. The molecule has 3 nitrogen and oxygen atoms in total. The maximum absolute atomic E-state index is 12.8. The highest BCUT2D eigenvalue weighted by Gasteiger charge is 2.35. The zero-order valence-electron chi connectivity index (χ0n) is 11.4. The van der Waals surface area contributed by atoms with Gasteiger partial charge in [-0.25, -0.2) is 0 Å². The molecule has 1 aromatic carbocycles. The Morgan fingerprint density at radius 1 is 1.25 bits per heavy atom. The molecule has 0 radical (unpaired) electrons. The van der Waals surface area contributed by atoms with Crippen molar-refractivity contribution in [3.05, 3.63) is 26.1 Å². The first-order chi connectivity index (χ1) is 9.59. The second kappa shape index (κ2) is 5.78. The van der Waals surface area contributed by atoms with Gasteiger partial charge in [-0.2, -0.15) is 0 Å². The summed E-state index contributed by atoms with van der Waals surface area (Å²) < 4.78 is 7.72. The van der Waals surface area contributed by atoms with Crippen LogP contribution in [0.3, 0.4) is 0 Å². The van der Waals surface area contributed by atoms with E-state index in [1.165, 1.54) is 19.3 Å². The average Bonchev–Trinajstić information content (AvgIpc) is 2.47. The second-order valence-electron chi connectivity index (χ2n) is 5.46. The van der Waals surface area contributed by atoms with Gasteiger partial charge in [0.2, 0.25) is 0 Å². The van der Waals surface area contributed by atoms with Crippen molar-refractivity contribution in [2.24, 2.45) is 0 Å². The number of benzene rings is 1. The Labute approximate surface area is 135 Å². The van der Waals surface area contributed by atoms with E-state index < -0.39 is 0 Å². The van der Waals surface area contributed by atoms with Crippen LogP contribution in [0.4, 0.5) is 0 Å². The van der Waals surface area contributed by atoms with Gasteiger partial charge < -0.3 is 4.74 Å². The van der Waals surface area contributed by atoms with Gasteiger partial charge in [0.05, 0.1) is 10.0 Å². The summed E-state index contributed by atoms with van der Waals surface area (Å²) in [5.41, 5.74) is 1.75. The van der Waals surface area contributed by atoms with E-state index in [9.17, 15) is 4.79 Å². The van der Waals surface area contributed by atoms with Gasteiger partial charge in [0, 0.05) is 4.47 Å². The highest BCUT2D eigenvalue weighted by atomic mass is 79.9. The van der Waals surface area contributed by atoms with Crippen LogP contribution >= 0.6 is 31.9 Å². The summed E-state index contributed by atoms with van der Waals surface area (Å²) in [6, 6.07) is 1.78. The van der Waals surface area contributed by atoms with Gasteiger partial charge in [-0.3, -0.25) is 9.69 Å². The van der Waals surface area contributed by atoms with Crippen LogP contribution in [0.1, 0.15) is 35.2 Å². The summed E-state index contributed by atoms with van der Waals surface area (Å²) >= 11 is 7.06. The fourth-order valence-electron chi connectivity index (χ4n) is 2.94. The molecule has 1 fully saturated rings. The van der Waals surface area contributed by atoms with Gasteiger partial charge in [0.25, 0.3) is 0 Å². The predicted molar refractivity (Wildman–Crippen MR) is 85.6 cm³/mol. The largest absolute Gasteiger partial charge is 0.489 e. The first kappa shape index (κ1) is 14.5. The average molecular weight is 403 g/mol. The van der Waals surface area contributed by atoms with Crippen LogP contribution in [0.5, 0.6) is 5.75 Å². The van der Waals surface area contributed by atoms with Crippen LogP contribution in [0.25, 0.3) is 0 Å². The highest BCUT2D eigenvalue weighted by Crippen LogP contribution is 2.40. The quantitative estimate of drug-likeness (QED) is 0.712. The zero-order chi connectivity index (χ0) is 14.3. The van der Waals surface area contributed by atoms with E-state index in [4.69, 9.17) is 4.74 Å². The van der Waals surface area contributed by atoms with Gasteiger partial charge >= 0.3 is 0 Å². The van der Waals surface area contributed by atoms with Crippen molar-refractivity contribution in [1.82, 2.24) is 4.90 Å². The number of Topliss-reactive ketones (excluding diaryl/α,β-unsaturated/α-hetero) is 1. The molecule has 3 rings (SSSR count). The Kier molecular flexibility index (Phi) is 4.20. The van der Waals surface area contributed by atoms with Crippen LogP contribution in [0.2, 0.25) is 0 Å². The lowest BCUT2D eigenvalue weighted by atomic mass is 9.97. The predicted octanol–water partition coefficient (Wildman–Crippen LogP) is 3.95. The molecule has 2 heterocycles. The third-order valence-corrected chi connectivity index (χ3v) is 5.97. The monoisotopic (exact) mass is 401 g/mol. The number of hydrogen-bond acceptors (Lipinski definition) is 3. The number of rotatable bonds is 1. The van der Waals surface area contributed by atoms with Crippen molar-refractivity contribution in [2.45, 2.75) is 32.2 Å². The molecule has 20 heavy (non-hydrogen) atoms. The Morgan fingerprint density at radius 3 is 2.65 bits per heavy atom. The van der Waals surface area contributed by atoms with Crippen LogP contribution < -0.4 is 4.74 Å². The molecule has 1 atom stereocenters. The Morgan fingerprint density at radius 2 is 1.95 bits per heavy atom. The summed E-state index contributed by atoms with van der Waals surface area (Å²) in [6.07, 6.45) is 3.63. The minimum atomic E-state index is -0.121. The molecule has 1 saturated heterocycles. The second-order valence-corrected chi connectivity index (χ2v) is 7.11. The first-order valence-electron chi connectivity index (χ1n) is 6.99. The Balaban J connectivity index is 1.94. The van der Waals surface area contributed by atoms with Gasteiger partial charge in [0.1, 0.15) is 18.4 Å². The van der Waals surface area contributed by atoms with Crippen LogP contribution in [0.15, 0.2) is 15.0 Å². The fraction of sp³-hybridized carbons (Fsp3) is 0.533. The van der Waals surface area contributed by atoms with Crippen molar-refractivity contribution < 1.29 is 9.53 Å². The summed E-state index contributed by atoms with van der Waals surface area (Å²) in [6.45, 7) is 4.47. The maximum Gasteiger partial charge on any atom is 0.187 e. The minimum Gasteiger partial charge on any atom is -0.489 e. The van der Waals surface area contributed by atoms with E-state index in [2.05, 4.69) is 36.8 Å². The first-order valence-corrected chi connectivity index (χ1v) is 8.58. The standard InChI is InChI=1S/C15H17Br2NO2/c1-9-11(16)7-10-14(19)12(8-20-15(10)13(9)17)18-5-3-2-4-6-18/h7,12H,2-6,8H2,1H3. The van der Waals surface area contributed by atoms with Gasteiger partial charge in [-0.1, -0.05) is 22.4 Å². The number of carbonyl (C=O) groups is 1. The van der Waals surface area contributed by atoms with Crippen LogP contribution in [-0.4, -0.2) is 36.4 Å². The molecule has 2 aliphatic rings. The van der Waals surface area contributed by atoms with Crippen molar-refractivity contribution in [2.75, 3.05) is 19.7 Å². The number of carbonyl (C=O) groups excluding carboxylic acids is 1. The van der Waals surface area contributed by atoms with E-state index in [1.54, 1.807) is 0 Å². The number of fused-ring (bicyclic) bond motifs is 1. The minimum absolute atomic E-state index is 0.121. The molecule has 5 heteroatoms. The number of ketones is 1. The molecule has 2 aliphatic heterocycles. The molecular weight excluding hydrogens is 386 g/mol. The van der Waals surface area contributed by atoms with Crippen molar-refractivity contribution in [3.8, 4) is 5.75 Å². The maximum atomic E-state index is 12.8. The van der Waals surface area contributed by atoms with Crippen molar-refractivity contribution >= 4 is 37.6 Å². The fourth-order valence-corrected chi connectivity index (χ4v) is 4.17. The van der Waals surface area contributed by atoms with E-state index >= 15 is 0 Å².